The molecule has 124 valence electrons. The van der Waals surface area contributed by atoms with Gasteiger partial charge in [0.2, 0.25) is 0 Å². The molecule has 0 spiro atoms. The summed E-state index contributed by atoms with van der Waals surface area (Å²) in [6.07, 6.45) is 0. The molecule has 0 aliphatic rings. The molecule has 1 amide bonds. The van der Waals surface area contributed by atoms with E-state index in [0.29, 0.717) is 11.4 Å². The van der Waals surface area contributed by atoms with Crippen molar-refractivity contribution in [3.05, 3.63) is 72.5 Å². The third kappa shape index (κ3) is 3.17. The number of benzene rings is 3. The van der Waals surface area contributed by atoms with Crippen LogP contribution in [-0.2, 0) is 4.79 Å². The topological polar surface area (TPSA) is 51.5 Å². The number of carbonyl (C=O) groups excluding carboxylic acids is 1. The highest BCUT2D eigenvalue weighted by Crippen LogP contribution is 2.30. The van der Waals surface area contributed by atoms with E-state index in [2.05, 4.69) is 5.32 Å². The molecule has 0 aliphatic heterocycles. The molecule has 4 aromatic rings. The summed E-state index contributed by atoms with van der Waals surface area (Å²) >= 11 is 0. The van der Waals surface area contributed by atoms with Crippen molar-refractivity contribution in [3.63, 3.8) is 0 Å². The van der Waals surface area contributed by atoms with Crippen molar-refractivity contribution in [2.45, 2.75) is 0 Å². The van der Waals surface area contributed by atoms with Crippen LogP contribution in [0.2, 0.25) is 0 Å². The number of nitrogens with one attached hydrogen (secondary N) is 1. The van der Waals surface area contributed by atoms with E-state index in [4.69, 9.17) is 9.15 Å². The summed E-state index contributed by atoms with van der Waals surface area (Å²) in [5.74, 6) is -0.207. The molecule has 0 unspecified atom stereocenters. The first-order valence-corrected chi connectivity index (χ1v) is 7.78. The molecule has 1 heterocycles. The number of anilines is 1. The molecule has 0 saturated carbocycles. The van der Waals surface area contributed by atoms with Crippen LogP contribution < -0.4 is 10.1 Å². The van der Waals surface area contributed by atoms with Crippen molar-refractivity contribution in [2.24, 2.45) is 0 Å². The molecular formula is C20H14FNO3. The zero-order valence-corrected chi connectivity index (χ0v) is 13.2. The molecule has 0 radical (unpaired) electrons. The third-order valence-electron chi connectivity index (χ3n) is 3.84. The quantitative estimate of drug-likeness (QED) is 0.586. The number of halogens is 1. The van der Waals surface area contributed by atoms with Crippen LogP contribution in [0.1, 0.15) is 0 Å². The lowest BCUT2D eigenvalue weighted by molar-refractivity contribution is -0.118. The monoisotopic (exact) mass is 335 g/mol. The van der Waals surface area contributed by atoms with E-state index in [-0.39, 0.29) is 18.3 Å². The maximum Gasteiger partial charge on any atom is 0.262 e. The Morgan fingerprint density at radius 2 is 1.72 bits per heavy atom. The maximum absolute atomic E-state index is 12.8. The summed E-state index contributed by atoms with van der Waals surface area (Å²) in [6, 6.07) is 18.7. The van der Waals surface area contributed by atoms with Crippen LogP contribution in [0, 0.1) is 5.82 Å². The zero-order chi connectivity index (χ0) is 17.2. The fraction of sp³-hybridized carbons (Fsp3) is 0.0500. The minimum Gasteiger partial charge on any atom is -0.484 e. The highest BCUT2D eigenvalue weighted by atomic mass is 19.1. The van der Waals surface area contributed by atoms with Crippen molar-refractivity contribution >= 4 is 33.5 Å². The van der Waals surface area contributed by atoms with E-state index < -0.39 is 0 Å². The van der Waals surface area contributed by atoms with Gasteiger partial charge in [-0.2, -0.15) is 0 Å². The molecule has 0 saturated heterocycles. The highest BCUT2D eigenvalue weighted by molar-refractivity contribution is 6.07. The molecule has 4 nitrogen and oxygen atoms in total. The molecule has 0 atom stereocenters. The van der Waals surface area contributed by atoms with Gasteiger partial charge in [-0.25, -0.2) is 4.39 Å². The molecule has 4 rings (SSSR count). The lowest BCUT2D eigenvalue weighted by atomic mass is 10.1. The van der Waals surface area contributed by atoms with E-state index in [1.165, 1.54) is 24.3 Å². The minimum absolute atomic E-state index is 0.157. The van der Waals surface area contributed by atoms with E-state index in [0.717, 1.165) is 21.9 Å². The Labute approximate surface area is 142 Å². The summed E-state index contributed by atoms with van der Waals surface area (Å²) in [5, 5.41) is 4.72. The van der Waals surface area contributed by atoms with Gasteiger partial charge >= 0.3 is 0 Å². The van der Waals surface area contributed by atoms with Crippen molar-refractivity contribution in [3.8, 4) is 5.75 Å². The van der Waals surface area contributed by atoms with Gasteiger partial charge in [-0.05, 0) is 48.5 Å². The summed E-state index contributed by atoms with van der Waals surface area (Å²) in [6.45, 7) is -0.157. The average molecular weight is 335 g/mol. The highest BCUT2D eigenvalue weighted by Gasteiger charge is 2.09. The van der Waals surface area contributed by atoms with Crippen molar-refractivity contribution < 1.29 is 18.3 Å². The predicted octanol–water partition coefficient (Wildman–Crippen LogP) is 4.74. The molecule has 3 aromatic carbocycles. The maximum atomic E-state index is 12.8. The SMILES string of the molecule is O=C(COc1ccc(F)cc1)Nc1ccc2oc3ccccc3c2c1. The first-order valence-electron chi connectivity index (χ1n) is 7.78. The predicted molar refractivity (Wildman–Crippen MR) is 94.2 cm³/mol. The fourth-order valence-corrected chi connectivity index (χ4v) is 2.68. The second-order valence-corrected chi connectivity index (χ2v) is 5.60. The third-order valence-corrected chi connectivity index (χ3v) is 3.84. The second kappa shape index (κ2) is 6.28. The molecule has 0 fully saturated rings. The Kier molecular flexibility index (Phi) is 3.82. The largest absolute Gasteiger partial charge is 0.484 e. The zero-order valence-electron chi connectivity index (χ0n) is 13.2. The van der Waals surface area contributed by atoms with Gasteiger partial charge in [0.25, 0.3) is 5.91 Å². The number of hydrogen-bond donors (Lipinski definition) is 1. The van der Waals surface area contributed by atoms with E-state index >= 15 is 0 Å². The number of para-hydroxylation sites is 1. The molecule has 1 N–H and O–H groups in total. The van der Waals surface area contributed by atoms with Gasteiger partial charge < -0.3 is 14.5 Å². The van der Waals surface area contributed by atoms with Crippen LogP contribution in [0.5, 0.6) is 5.75 Å². The Bertz CT molecular complexity index is 1050. The lowest BCUT2D eigenvalue weighted by Crippen LogP contribution is -2.20. The standard InChI is InChI=1S/C20H14FNO3/c21-13-5-8-15(9-6-13)24-12-20(23)22-14-7-10-19-17(11-14)16-3-1-2-4-18(16)25-19/h1-11H,12H2,(H,22,23). The molecule has 5 heteroatoms. The Morgan fingerprint density at radius 1 is 0.960 bits per heavy atom. The number of ether oxygens (including phenoxy) is 1. The van der Waals surface area contributed by atoms with Gasteiger partial charge in [-0.1, -0.05) is 18.2 Å². The van der Waals surface area contributed by atoms with E-state index in [1.54, 1.807) is 6.07 Å². The summed E-state index contributed by atoms with van der Waals surface area (Å²) in [7, 11) is 0. The second-order valence-electron chi connectivity index (χ2n) is 5.60. The number of amides is 1. The first-order chi connectivity index (χ1) is 12.2. The van der Waals surface area contributed by atoms with Crippen LogP contribution in [0.3, 0.4) is 0 Å². The van der Waals surface area contributed by atoms with Crippen LogP contribution in [0.4, 0.5) is 10.1 Å². The van der Waals surface area contributed by atoms with Crippen LogP contribution in [0.15, 0.2) is 71.1 Å². The van der Waals surface area contributed by atoms with Crippen LogP contribution >= 0.6 is 0 Å². The summed E-state index contributed by atoms with van der Waals surface area (Å²) in [4.78, 5) is 12.1. The van der Waals surface area contributed by atoms with Crippen LogP contribution in [-0.4, -0.2) is 12.5 Å². The molecule has 0 aliphatic carbocycles. The molecule has 25 heavy (non-hydrogen) atoms. The summed E-state index contributed by atoms with van der Waals surface area (Å²) in [5.41, 5.74) is 2.23. The number of hydrogen-bond acceptors (Lipinski definition) is 3. The minimum atomic E-state index is -0.350. The Balaban J connectivity index is 1.49. The van der Waals surface area contributed by atoms with Gasteiger partial charge in [0.05, 0.1) is 0 Å². The number of furan rings is 1. The van der Waals surface area contributed by atoms with Crippen LogP contribution in [0.25, 0.3) is 21.9 Å². The van der Waals surface area contributed by atoms with Gasteiger partial charge in [0.15, 0.2) is 6.61 Å². The summed E-state index contributed by atoms with van der Waals surface area (Å²) < 4.78 is 23.9. The number of carbonyl (C=O) groups is 1. The Morgan fingerprint density at radius 3 is 2.56 bits per heavy atom. The molecule has 0 bridgehead atoms. The van der Waals surface area contributed by atoms with Crippen molar-refractivity contribution in [1.82, 2.24) is 0 Å². The van der Waals surface area contributed by atoms with Gasteiger partial charge in [0, 0.05) is 16.5 Å². The first kappa shape index (κ1) is 15.2. The van der Waals surface area contributed by atoms with Crippen molar-refractivity contribution in [2.75, 3.05) is 11.9 Å². The van der Waals surface area contributed by atoms with Gasteiger partial charge in [0.1, 0.15) is 22.7 Å². The Hall–Kier alpha value is -3.34. The average Bonchev–Trinajstić information content (AvgIpc) is 2.99. The van der Waals surface area contributed by atoms with E-state index in [9.17, 15) is 9.18 Å². The van der Waals surface area contributed by atoms with Gasteiger partial charge in [-0.15, -0.1) is 0 Å². The smallest absolute Gasteiger partial charge is 0.262 e. The lowest BCUT2D eigenvalue weighted by Gasteiger charge is -2.07. The fourth-order valence-electron chi connectivity index (χ4n) is 2.68. The number of fused-ring (bicyclic) bond motifs is 3. The molecule has 1 aromatic heterocycles. The van der Waals surface area contributed by atoms with Gasteiger partial charge in [-0.3, -0.25) is 4.79 Å². The number of rotatable bonds is 4. The van der Waals surface area contributed by atoms with Crippen molar-refractivity contribution in [1.29, 1.82) is 0 Å². The normalized spacial score (nSPS) is 10.9. The van der Waals surface area contributed by atoms with E-state index in [1.807, 2.05) is 36.4 Å². The molecular weight excluding hydrogens is 321 g/mol.